The molecule has 0 unspecified atom stereocenters. The predicted molar refractivity (Wildman–Crippen MR) is 109 cm³/mol. The van der Waals surface area contributed by atoms with Crippen LogP contribution in [0.4, 0.5) is 4.39 Å². The molecule has 0 saturated heterocycles. The normalized spacial score (nSPS) is 13.8. The quantitative estimate of drug-likeness (QED) is 0.662. The molecule has 0 atom stereocenters. The van der Waals surface area contributed by atoms with E-state index in [1.165, 1.54) is 23.9 Å². The Morgan fingerprint density at radius 1 is 1.04 bits per heavy atom. The molecule has 0 radical (unpaired) electrons. The van der Waals surface area contributed by atoms with Gasteiger partial charge in [-0.05, 0) is 34.0 Å². The van der Waals surface area contributed by atoms with E-state index in [2.05, 4.69) is 23.2 Å². The minimum absolute atomic E-state index is 0.0641. The highest BCUT2D eigenvalue weighted by molar-refractivity contribution is 8.13. The molecule has 0 bridgehead atoms. The molecular formula is C22H19FN2OS. The van der Waals surface area contributed by atoms with Crippen molar-refractivity contribution in [3.05, 3.63) is 83.7 Å². The Bertz CT molecular complexity index is 995. The second-order valence-electron chi connectivity index (χ2n) is 6.44. The first-order chi connectivity index (χ1) is 13.2. The van der Waals surface area contributed by atoms with Crippen LogP contribution in [0.5, 0.6) is 0 Å². The second kappa shape index (κ2) is 7.92. The maximum Gasteiger partial charge on any atom is 0.233 e. The first kappa shape index (κ1) is 17.7. The van der Waals surface area contributed by atoms with E-state index < -0.39 is 0 Å². The first-order valence-corrected chi connectivity index (χ1v) is 9.88. The Morgan fingerprint density at radius 3 is 2.67 bits per heavy atom. The van der Waals surface area contributed by atoms with Crippen molar-refractivity contribution in [2.24, 2.45) is 4.99 Å². The molecule has 136 valence electrons. The lowest BCUT2D eigenvalue weighted by Gasteiger charge is -2.18. The summed E-state index contributed by atoms with van der Waals surface area (Å²) in [6.45, 7) is 1.25. The number of hydrogen-bond donors (Lipinski definition) is 0. The number of aliphatic imine (C=N–C) groups is 1. The standard InChI is InChI=1S/C22H19FN2OS/c23-19-10-8-16(9-11-19)15-27-22-24-12-13-25(22)21(26)14-18-6-3-5-17-4-1-2-7-20(17)18/h1-11H,12-15H2. The van der Waals surface area contributed by atoms with Crippen LogP contribution in [0.1, 0.15) is 11.1 Å². The third-order valence-corrected chi connectivity index (χ3v) is 5.69. The lowest BCUT2D eigenvalue weighted by molar-refractivity contribution is -0.126. The van der Waals surface area contributed by atoms with E-state index in [1.807, 2.05) is 24.3 Å². The maximum absolute atomic E-state index is 13.0. The van der Waals surface area contributed by atoms with E-state index in [0.717, 1.165) is 27.1 Å². The largest absolute Gasteiger partial charge is 0.289 e. The van der Waals surface area contributed by atoms with Crippen LogP contribution in [0, 0.1) is 5.82 Å². The minimum atomic E-state index is -0.242. The number of benzene rings is 3. The fourth-order valence-electron chi connectivity index (χ4n) is 3.22. The number of rotatable bonds is 4. The monoisotopic (exact) mass is 378 g/mol. The van der Waals surface area contributed by atoms with Crippen molar-refractivity contribution in [1.29, 1.82) is 0 Å². The Labute approximate surface area is 161 Å². The summed E-state index contributed by atoms with van der Waals surface area (Å²) in [4.78, 5) is 19.2. The molecule has 1 heterocycles. The van der Waals surface area contributed by atoms with Crippen molar-refractivity contribution < 1.29 is 9.18 Å². The summed E-state index contributed by atoms with van der Waals surface area (Å²) in [5, 5.41) is 3.01. The van der Waals surface area contributed by atoms with Crippen molar-refractivity contribution in [1.82, 2.24) is 4.90 Å². The van der Waals surface area contributed by atoms with Crippen LogP contribution in [0.25, 0.3) is 10.8 Å². The molecule has 0 aliphatic carbocycles. The van der Waals surface area contributed by atoms with Gasteiger partial charge in [0.15, 0.2) is 5.17 Å². The van der Waals surface area contributed by atoms with Gasteiger partial charge in [-0.2, -0.15) is 0 Å². The van der Waals surface area contributed by atoms with Crippen molar-refractivity contribution >= 4 is 33.6 Å². The summed E-state index contributed by atoms with van der Waals surface area (Å²) < 4.78 is 13.0. The highest BCUT2D eigenvalue weighted by Crippen LogP contribution is 2.23. The topological polar surface area (TPSA) is 32.7 Å². The number of hydrogen-bond acceptors (Lipinski definition) is 3. The zero-order valence-electron chi connectivity index (χ0n) is 14.8. The zero-order valence-corrected chi connectivity index (χ0v) is 15.6. The molecule has 0 saturated carbocycles. The van der Waals surface area contributed by atoms with E-state index in [-0.39, 0.29) is 11.7 Å². The van der Waals surface area contributed by atoms with Crippen LogP contribution >= 0.6 is 11.8 Å². The Hall–Kier alpha value is -2.66. The van der Waals surface area contributed by atoms with Gasteiger partial charge in [0.2, 0.25) is 5.91 Å². The van der Waals surface area contributed by atoms with Crippen LogP contribution in [-0.4, -0.2) is 29.1 Å². The third kappa shape index (κ3) is 4.03. The van der Waals surface area contributed by atoms with Crippen LogP contribution in [0.3, 0.4) is 0 Å². The lowest BCUT2D eigenvalue weighted by Crippen LogP contribution is -2.34. The molecule has 0 spiro atoms. The van der Waals surface area contributed by atoms with Gasteiger partial charge in [-0.3, -0.25) is 14.7 Å². The van der Waals surface area contributed by atoms with E-state index >= 15 is 0 Å². The molecule has 5 heteroatoms. The number of fused-ring (bicyclic) bond motifs is 1. The van der Waals surface area contributed by atoms with Gasteiger partial charge < -0.3 is 0 Å². The molecule has 4 rings (SSSR count). The molecule has 1 aliphatic heterocycles. The maximum atomic E-state index is 13.0. The molecule has 3 aromatic rings. The summed E-state index contributed by atoms with van der Waals surface area (Å²) in [7, 11) is 0. The van der Waals surface area contributed by atoms with E-state index in [9.17, 15) is 9.18 Å². The zero-order chi connectivity index (χ0) is 18.6. The number of nitrogens with zero attached hydrogens (tertiary/aromatic N) is 2. The molecule has 1 aliphatic rings. The molecular weight excluding hydrogens is 359 g/mol. The van der Waals surface area contributed by atoms with Crippen LogP contribution in [-0.2, 0) is 17.0 Å². The van der Waals surface area contributed by atoms with Gasteiger partial charge in [0.1, 0.15) is 5.82 Å². The van der Waals surface area contributed by atoms with Crippen molar-refractivity contribution in [3.63, 3.8) is 0 Å². The molecule has 0 fully saturated rings. The number of carbonyl (C=O) groups excluding carboxylic acids is 1. The molecule has 1 amide bonds. The van der Waals surface area contributed by atoms with Gasteiger partial charge in [-0.15, -0.1) is 0 Å². The first-order valence-electron chi connectivity index (χ1n) is 8.89. The summed E-state index contributed by atoms with van der Waals surface area (Å²) in [5.74, 6) is 0.486. The fraction of sp³-hybridized carbons (Fsp3) is 0.182. The summed E-state index contributed by atoms with van der Waals surface area (Å²) in [5.41, 5.74) is 2.05. The number of amidine groups is 1. The van der Waals surface area contributed by atoms with E-state index in [1.54, 1.807) is 17.0 Å². The molecule has 0 N–H and O–H groups in total. The second-order valence-corrected chi connectivity index (χ2v) is 7.38. The van der Waals surface area contributed by atoms with Gasteiger partial charge in [-0.25, -0.2) is 4.39 Å². The van der Waals surface area contributed by atoms with Gasteiger partial charge in [0.25, 0.3) is 0 Å². The smallest absolute Gasteiger partial charge is 0.233 e. The van der Waals surface area contributed by atoms with Crippen LogP contribution in [0.15, 0.2) is 71.7 Å². The van der Waals surface area contributed by atoms with Gasteiger partial charge in [0.05, 0.1) is 13.0 Å². The van der Waals surface area contributed by atoms with E-state index in [0.29, 0.717) is 25.3 Å². The lowest BCUT2D eigenvalue weighted by atomic mass is 10.0. The van der Waals surface area contributed by atoms with Crippen LogP contribution in [0.2, 0.25) is 0 Å². The number of thioether (sulfide) groups is 1. The predicted octanol–water partition coefficient (Wildman–Crippen LogP) is 4.65. The summed E-state index contributed by atoms with van der Waals surface area (Å²) in [6.07, 6.45) is 0.359. The minimum Gasteiger partial charge on any atom is -0.289 e. The third-order valence-electron chi connectivity index (χ3n) is 4.61. The molecule has 3 aromatic carbocycles. The number of halogens is 1. The van der Waals surface area contributed by atoms with Gasteiger partial charge in [-0.1, -0.05) is 66.4 Å². The fourth-order valence-corrected chi connectivity index (χ4v) is 4.23. The summed E-state index contributed by atoms with van der Waals surface area (Å²) >= 11 is 1.53. The molecule has 3 nitrogen and oxygen atoms in total. The summed E-state index contributed by atoms with van der Waals surface area (Å²) in [6, 6.07) is 20.6. The van der Waals surface area contributed by atoms with Gasteiger partial charge >= 0.3 is 0 Å². The number of carbonyl (C=O) groups is 1. The Balaban J connectivity index is 1.45. The van der Waals surface area contributed by atoms with E-state index in [4.69, 9.17) is 0 Å². The average Bonchev–Trinajstić information content (AvgIpc) is 3.17. The molecule has 0 aromatic heterocycles. The Morgan fingerprint density at radius 2 is 1.81 bits per heavy atom. The van der Waals surface area contributed by atoms with Crippen molar-refractivity contribution in [3.8, 4) is 0 Å². The van der Waals surface area contributed by atoms with Crippen molar-refractivity contribution in [2.45, 2.75) is 12.2 Å². The highest BCUT2D eigenvalue weighted by atomic mass is 32.2. The SMILES string of the molecule is O=C(Cc1cccc2ccccc12)N1CCN=C1SCc1ccc(F)cc1. The number of amides is 1. The molecule has 27 heavy (non-hydrogen) atoms. The van der Waals surface area contributed by atoms with Gasteiger partial charge in [0, 0.05) is 12.3 Å². The average molecular weight is 378 g/mol. The van der Waals surface area contributed by atoms with Crippen LogP contribution < -0.4 is 0 Å². The Kier molecular flexibility index (Phi) is 5.21. The highest BCUT2D eigenvalue weighted by Gasteiger charge is 2.24. The van der Waals surface area contributed by atoms with Crippen molar-refractivity contribution in [2.75, 3.05) is 13.1 Å².